The third-order valence-corrected chi connectivity index (χ3v) is 3.99. The average molecular weight is 347 g/mol. The van der Waals surface area contributed by atoms with E-state index in [1.165, 1.54) is 0 Å². The molecule has 4 rings (SSSR count). The highest BCUT2D eigenvalue weighted by molar-refractivity contribution is 6.03. The zero-order chi connectivity index (χ0) is 18.1. The number of aromatic amines is 1. The summed E-state index contributed by atoms with van der Waals surface area (Å²) in [6.45, 7) is 4.10. The number of imidazole rings is 1. The molecule has 130 valence electrons. The second-order valence-electron chi connectivity index (χ2n) is 6.17. The fourth-order valence-electron chi connectivity index (χ4n) is 2.71. The van der Waals surface area contributed by atoms with Crippen LogP contribution in [0.3, 0.4) is 0 Å². The summed E-state index contributed by atoms with van der Waals surface area (Å²) < 4.78 is 1.95. The zero-order valence-corrected chi connectivity index (χ0v) is 14.3. The number of benzene rings is 1. The Labute approximate surface area is 149 Å². The normalized spacial score (nSPS) is 11.2. The summed E-state index contributed by atoms with van der Waals surface area (Å²) in [5, 5.41) is 10.9. The molecule has 0 fully saturated rings. The average Bonchev–Trinajstić information content (AvgIpc) is 3.29. The van der Waals surface area contributed by atoms with E-state index in [9.17, 15) is 4.79 Å². The molecule has 8 nitrogen and oxygen atoms in total. The molecule has 4 aromatic rings. The number of hydrogen-bond donors (Lipinski definition) is 2. The van der Waals surface area contributed by atoms with Gasteiger partial charge in [-0.3, -0.25) is 9.78 Å². The molecule has 0 aliphatic heterocycles. The minimum atomic E-state index is -0.328. The van der Waals surface area contributed by atoms with Gasteiger partial charge in [-0.1, -0.05) is 12.1 Å². The van der Waals surface area contributed by atoms with E-state index in [4.69, 9.17) is 0 Å². The Morgan fingerprint density at radius 3 is 2.88 bits per heavy atom. The number of fused-ring (bicyclic) bond motifs is 1. The summed E-state index contributed by atoms with van der Waals surface area (Å²) in [6, 6.07) is 9.53. The molecule has 8 heteroatoms. The molecule has 26 heavy (non-hydrogen) atoms. The van der Waals surface area contributed by atoms with E-state index in [2.05, 4.69) is 30.5 Å². The van der Waals surface area contributed by atoms with Gasteiger partial charge in [0.15, 0.2) is 11.6 Å². The molecule has 1 aromatic carbocycles. The van der Waals surface area contributed by atoms with Gasteiger partial charge in [0.2, 0.25) is 0 Å². The van der Waals surface area contributed by atoms with Crippen LogP contribution in [0.5, 0.6) is 0 Å². The number of carbonyl (C=O) groups excluding carboxylic acids is 1. The van der Waals surface area contributed by atoms with Crippen LogP contribution in [0.15, 0.2) is 49.1 Å². The number of nitrogens with one attached hydrogen (secondary N) is 2. The molecule has 0 saturated carbocycles. The van der Waals surface area contributed by atoms with Crippen molar-refractivity contribution in [3.05, 3.63) is 54.9 Å². The van der Waals surface area contributed by atoms with Crippen molar-refractivity contribution >= 4 is 22.6 Å². The van der Waals surface area contributed by atoms with Crippen molar-refractivity contribution in [3.8, 4) is 11.4 Å². The van der Waals surface area contributed by atoms with Gasteiger partial charge in [0.25, 0.3) is 5.91 Å². The number of carbonyl (C=O) groups is 1. The lowest BCUT2D eigenvalue weighted by atomic mass is 10.2. The van der Waals surface area contributed by atoms with Crippen LogP contribution >= 0.6 is 0 Å². The maximum atomic E-state index is 12.5. The summed E-state index contributed by atoms with van der Waals surface area (Å²) in [4.78, 5) is 24.0. The standard InChI is InChI=1S/C18H17N7O/c1-11(2)25-10-20-24-17(25)12-7-13(9-19-8-12)21-18(26)16-22-14-5-3-4-6-15(14)23-16/h3-11H,1-2H3,(H,21,26)(H,22,23). The maximum absolute atomic E-state index is 12.5. The Kier molecular flexibility index (Phi) is 3.92. The lowest BCUT2D eigenvalue weighted by Gasteiger charge is -2.10. The lowest BCUT2D eigenvalue weighted by Crippen LogP contribution is -2.14. The first kappa shape index (κ1) is 15.9. The van der Waals surface area contributed by atoms with Crippen LogP contribution in [-0.2, 0) is 0 Å². The monoisotopic (exact) mass is 347 g/mol. The van der Waals surface area contributed by atoms with E-state index in [1.807, 2.05) is 48.7 Å². The first-order valence-electron chi connectivity index (χ1n) is 8.23. The van der Waals surface area contributed by atoms with Crippen LogP contribution in [0.1, 0.15) is 30.5 Å². The van der Waals surface area contributed by atoms with Crippen molar-refractivity contribution in [2.75, 3.05) is 5.32 Å². The Morgan fingerprint density at radius 1 is 1.23 bits per heavy atom. The topological polar surface area (TPSA) is 101 Å². The first-order chi connectivity index (χ1) is 12.6. The van der Waals surface area contributed by atoms with Crippen molar-refractivity contribution in [3.63, 3.8) is 0 Å². The fraction of sp³-hybridized carbons (Fsp3) is 0.167. The Balaban J connectivity index is 1.60. The van der Waals surface area contributed by atoms with Gasteiger partial charge in [-0.2, -0.15) is 0 Å². The number of aromatic nitrogens is 6. The van der Waals surface area contributed by atoms with Crippen LogP contribution in [-0.4, -0.2) is 35.6 Å². The quantitative estimate of drug-likeness (QED) is 0.591. The van der Waals surface area contributed by atoms with Gasteiger partial charge in [0.05, 0.1) is 22.9 Å². The molecule has 1 amide bonds. The van der Waals surface area contributed by atoms with Crippen LogP contribution in [0.4, 0.5) is 5.69 Å². The van der Waals surface area contributed by atoms with Crippen molar-refractivity contribution < 1.29 is 4.79 Å². The number of para-hydroxylation sites is 2. The van der Waals surface area contributed by atoms with E-state index in [0.717, 1.165) is 16.6 Å². The summed E-state index contributed by atoms with van der Waals surface area (Å²) in [6.07, 6.45) is 4.96. The van der Waals surface area contributed by atoms with Gasteiger partial charge in [0.1, 0.15) is 6.33 Å². The smallest absolute Gasteiger partial charge is 0.291 e. The molecule has 0 atom stereocenters. The van der Waals surface area contributed by atoms with Crippen molar-refractivity contribution in [1.82, 2.24) is 29.7 Å². The van der Waals surface area contributed by atoms with Crippen molar-refractivity contribution in [2.24, 2.45) is 0 Å². The Morgan fingerprint density at radius 2 is 2.08 bits per heavy atom. The van der Waals surface area contributed by atoms with Crippen molar-refractivity contribution in [2.45, 2.75) is 19.9 Å². The minimum absolute atomic E-state index is 0.216. The van der Waals surface area contributed by atoms with Gasteiger partial charge in [-0.05, 0) is 32.0 Å². The predicted molar refractivity (Wildman–Crippen MR) is 97.7 cm³/mol. The van der Waals surface area contributed by atoms with Gasteiger partial charge >= 0.3 is 0 Å². The van der Waals surface area contributed by atoms with Gasteiger partial charge in [-0.25, -0.2) is 4.98 Å². The summed E-state index contributed by atoms with van der Waals surface area (Å²) in [5.41, 5.74) is 2.90. The third-order valence-electron chi connectivity index (χ3n) is 3.99. The zero-order valence-electron chi connectivity index (χ0n) is 14.3. The second kappa shape index (κ2) is 6.40. The molecule has 3 aromatic heterocycles. The van der Waals surface area contributed by atoms with Crippen molar-refractivity contribution in [1.29, 1.82) is 0 Å². The van der Waals surface area contributed by atoms with Crippen LogP contribution < -0.4 is 5.32 Å². The lowest BCUT2D eigenvalue weighted by molar-refractivity contribution is 0.101. The predicted octanol–water partition coefficient (Wildman–Crippen LogP) is 3.05. The third kappa shape index (κ3) is 2.92. The fourth-order valence-corrected chi connectivity index (χ4v) is 2.71. The number of rotatable bonds is 4. The number of nitrogens with zero attached hydrogens (tertiary/aromatic N) is 5. The first-order valence-corrected chi connectivity index (χ1v) is 8.23. The molecular formula is C18H17N7O. The molecule has 0 bridgehead atoms. The molecule has 0 aliphatic rings. The molecular weight excluding hydrogens is 330 g/mol. The van der Waals surface area contributed by atoms with E-state index in [-0.39, 0.29) is 17.8 Å². The van der Waals surface area contributed by atoms with Gasteiger partial charge < -0.3 is 14.9 Å². The maximum Gasteiger partial charge on any atom is 0.291 e. The highest BCUT2D eigenvalue weighted by Crippen LogP contribution is 2.22. The largest absolute Gasteiger partial charge is 0.334 e. The number of amides is 1. The second-order valence-corrected chi connectivity index (χ2v) is 6.17. The number of anilines is 1. The molecule has 2 N–H and O–H groups in total. The van der Waals surface area contributed by atoms with E-state index in [1.54, 1.807) is 18.7 Å². The van der Waals surface area contributed by atoms with E-state index in [0.29, 0.717) is 11.5 Å². The van der Waals surface area contributed by atoms with Crippen LogP contribution in [0, 0.1) is 0 Å². The molecule has 0 radical (unpaired) electrons. The summed E-state index contributed by atoms with van der Waals surface area (Å²) >= 11 is 0. The van der Waals surface area contributed by atoms with E-state index < -0.39 is 0 Å². The summed E-state index contributed by atoms with van der Waals surface area (Å²) in [7, 11) is 0. The molecule has 0 unspecified atom stereocenters. The minimum Gasteiger partial charge on any atom is -0.334 e. The molecule has 0 spiro atoms. The highest BCUT2D eigenvalue weighted by atomic mass is 16.2. The molecule has 0 aliphatic carbocycles. The highest BCUT2D eigenvalue weighted by Gasteiger charge is 2.14. The van der Waals surface area contributed by atoms with E-state index >= 15 is 0 Å². The SMILES string of the molecule is CC(C)n1cnnc1-c1cncc(NC(=O)c2nc3ccccc3[nH]2)c1. The number of H-pyrrole nitrogens is 1. The molecule has 3 heterocycles. The molecule has 0 saturated heterocycles. The summed E-state index contributed by atoms with van der Waals surface area (Å²) in [5.74, 6) is 0.625. The van der Waals surface area contributed by atoms with Gasteiger partial charge in [-0.15, -0.1) is 10.2 Å². The van der Waals surface area contributed by atoms with Crippen LogP contribution in [0.25, 0.3) is 22.4 Å². The number of pyridine rings is 1. The Bertz CT molecular complexity index is 1050. The number of hydrogen-bond acceptors (Lipinski definition) is 5. The van der Waals surface area contributed by atoms with Crippen LogP contribution in [0.2, 0.25) is 0 Å². The Hall–Kier alpha value is -3.55. The van der Waals surface area contributed by atoms with Gasteiger partial charge in [0, 0.05) is 17.8 Å².